The summed E-state index contributed by atoms with van der Waals surface area (Å²) in [7, 11) is 0. The van der Waals surface area contributed by atoms with Crippen LogP contribution in [0.1, 0.15) is 127 Å². The molecular weight excluding hydrogens is 929 g/mol. The molecule has 346 valence electrons. The topological polar surface area (TPSA) is 298 Å². The predicted octanol–water partition coefficient (Wildman–Crippen LogP) is 7.77. The van der Waals surface area contributed by atoms with Crippen LogP contribution in [0.5, 0.6) is 0 Å². The largest absolute Gasteiger partial charge is 0.478 e. The van der Waals surface area contributed by atoms with Crippen molar-refractivity contribution in [1.29, 1.82) is 0 Å². The highest BCUT2D eigenvalue weighted by Gasteiger charge is 2.19. The molecule has 8 N–H and O–H groups in total. The van der Waals surface area contributed by atoms with Crippen LogP contribution in [0.25, 0.3) is 32.3 Å². The van der Waals surface area contributed by atoms with E-state index in [1.165, 1.54) is 48.5 Å². The molecule has 0 aliphatic heterocycles. The zero-order valence-electron chi connectivity index (χ0n) is 36.2. The summed E-state index contributed by atoms with van der Waals surface area (Å²) in [6.45, 7) is 0. The fourth-order valence-corrected chi connectivity index (χ4v) is 7.75. The molecule has 8 aromatic carbocycles. The minimum Gasteiger partial charge on any atom is -0.478 e. The van der Waals surface area contributed by atoms with Crippen LogP contribution < -0.4 is 0 Å². The van der Waals surface area contributed by atoms with Gasteiger partial charge < -0.3 is 40.9 Å². The normalized spacial score (nSPS) is 10.4. The van der Waals surface area contributed by atoms with Crippen LogP contribution in [0.2, 0.25) is 0 Å². The Kier molecular flexibility index (Phi) is 12.4. The summed E-state index contributed by atoms with van der Waals surface area (Å²) in [5, 5.41) is 80.6. The van der Waals surface area contributed by atoms with Crippen molar-refractivity contribution in [2.75, 3.05) is 0 Å². The van der Waals surface area contributed by atoms with E-state index in [1.54, 1.807) is 36.4 Å². The fraction of sp³-hybridized carbons (Fsp3) is 0. The average Bonchev–Trinajstić information content (AvgIpc) is 3.35. The zero-order valence-corrected chi connectivity index (χ0v) is 36.2. The molecule has 0 atom stereocenters. The zero-order chi connectivity index (χ0) is 51.7. The Morgan fingerprint density at radius 1 is 0.236 bits per heavy atom. The first-order valence-corrected chi connectivity index (χ1v) is 20.6. The third kappa shape index (κ3) is 9.63. The third-order valence-electron chi connectivity index (χ3n) is 11.0. The number of rotatable bonds is 8. The quantitative estimate of drug-likeness (QED) is 0.0533. The highest BCUT2D eigenvalue weighted by atomic mass is 16.4. The van der Waals surface area contributed by atoms with E-state index in [0.717, 1.165) is 24.3 Å². The van der Waals surface area contributed by atoms with E-state index in [-0.39, 0.29) is 89.0 Å². The number of carboxylic acids is 8. The van der Waals surface area contributed by atoms with Crippen molar-refractivity contribution in [2.24, 2.45) is 0 Å². The first-order valence-electron chi connectivity index (χ1n) is 20.6. The summed E-state index contributed by atoms with van der Waals surface area (Å²) in [5.41, 5.74) is -1.72. The molecule has 8 rings (SSSR count). The number of carboxylic acid groups (broad SMARTS) is 8. The summed E-state index contributed by atoms with van der Waals surface area (Å²) >= 11 is 0. The Bertz CT molecular complexity index is 3440. The molecule has 16 heteroatoms. The first-order chi connectivity index (χ1) is 34.2. The van der Waals surface area contributed by atoms with Crippen molar-refractivity contribution in [3.63, 3.8) is 0 Å². The van der Waals surface area contributed by atoms with Crippen LogP contribution in [0.15, 0.2) is 109 Å². The molecule has 0 bridgehead atoms. The van der Waals surface area contributed by atoms with E-state index < -0.39 is 47.8 Å². The Morgan fingerprint density at radius 3 is 0.556 bits per heavy atom. The Balaban J connectivity index is 1.47. The van der Waals surface area contributed by atoms with E-state index in [0.29, 0.717) is 32.3 Å². The number of carbonyl (C=O) groups is 8. The second kappa shape index (κ2) is 18.8. The van der Waals surface area contributed by atoms with Gasteiger partial charge >= 0.3 is 47.8 Å². The van der Waals surface area contributed by atoms with Gasteiger partial charge in [-0.2, -0.15) is 0 Å². The monoisotopic (exact) mass is 954 g/mol. The van der Waals surface area contributed by atoms with Crippen molar-refractivity contribution >= 4 is 80.1 Å². The Hall–Kier alpha value is -11.2. The van der Waals surface area contributed by atoms with Gasteiger partial charge in [0.25, 0.3) is 0 Å². The van der Waals surface area contributed by atoms with E-state index >= 15 is 0 Å². The maximum Gasteiger partial charge on any atom is 0.335 e. The third-order valence-corrected chi connectivity index (χ3v) is 11.0. The summed E-state index contributed by atoms with van der Waals surface area (Å²) in [6.07, 6.45) is 0. The van der Waals surface area contributed by atoms with Gasteiger partial charge in [-0.05, 0) is 117 Å². The molecule has 0 unspecified atom stereocenters. The van der Waals surface area contributed by atoms with Gasteiger partial charge in [0.05, 0.1) is 44.5 Å². The number of hydrogen-bond acceptors (Lipinski definition) is 8. The number of aromatic carboxylic acids is 8. The molecule has 0 aliphatic carbocycles. The van der Waals surface area contributed by atoms with Crippen molar-refractivity contribution < 1.29 is 79.2 Å². The molecule has 0 aromatic heterocycles. The highest BCUT2D eigenvalue weighted by Crippen LogP contribution is 2.40. The molecule has 0 amide bonds. The summed E-state index contributed by atoms with van der Waals surface area (Å²) in [5.74, 6) is 12.1. The SMILES string of the molecule is O=C(O)c1cc(C#Cc2cc(C#Cc3cc(C(=O)O)cc(C(=O)O)c3)c3ccc4c(C#Cc5cc(C(=O)O)cc(C(=O)O)c5)cc(C#Cc5cc(C(=O)O)cc(C(=O)O)c5)c5ccc2c3c54)cc(C(=O)O)c1. The van der Waals surface area contributed by atoms with Gasteiger partial charge in [-0.15, -0.1) is 0 Å². The highest BCUT2D eigenvalue weighted by molar-refractivity contribution is 6.27. The first kappa shape index (κ1) is 47.3. The predicted molar refractivity (Wildman–Crippen MR) is 256 cm³/mol. The van der Waals surface area contributed by atoms with E-state index in [2.05, 4.69) is 47.4 Å². The van der Waals surface area contributed by atoms with Crippen LogP contribution in [0, 0.1) is 47.4 Å². The lowest BCUT2D eigenvalue weighted by atomic mass is 9.86. The molecule has 8 aromatic rings. The van der Waals surface area contributed by atoms with Gasteiger partial charge in [0.1, 0.15) is 0 Å². The van der Waals surface area contributed by atoms with Crippen LogP contribution in [-0.4, -0.2) is 88.6 Å². The van der Waals surface area contributed by atoms with Crippen molar-refractivity contribution in [1.82, 2.24) is 0 Å². The molecule has 0 fully saturated rings. The lowest BCUT2D eigenvalue weighted by molar-refractivity contribution is 0.0676. The minimum absolute atomic E-state index is 0.0171. The molecule has 0 heterocycles. The van der Waals surface area contributed by atoms with Crippen molar-refractivity contribution in [2.45, 2.75) is 0 Å². The molecule has 72 heavy (non-hydrogen) atoms. The van der Waals surface area contributed by atoms with E-state index in [9.17, 15) is 79.2 Å². The molecule has 0 saturated heterocycles. The van der Waals surface area contributed by atoms with Crippen LogP contribution in [0.3, 0.4) is 0 Å². The summed E-state index contributed by atoms with van der Waals surface area (Å²) < 4.78 is 0. The molecular formula is C56H26O16. The van der Waals surface area contributed by atoms with Crippen molar-refractivity contribution in [3.05, 3.63) is 198 Å². The van der Waals surface area contributed by atoms with Crippen molar-refractivity contribution in [3.8, 4) is 47.4 Å². The van der Waals surface area contributed by atoms with Gasteiger partial charge in [-0.1, -0.05) is 71.6 Å². The molecule has 0 aliphatic rings. The van der Waals surface area contributed by atoms with Gasteiger partial charge in [0.2, 0.25) is 0 Å². The smallest absolute Gasteiger partial charge is 0.335 e. The van der Waals surface area contributed by atoms with Crippen LogP contribution in [-0.2, 0) is 0 Å². The molecule has 0 spiro atoms. The Morgan fingerprint density at radius 2 is 0.403 bits per heavy atom. The fourth-order valence-electron chi connectivity index (χ4n) is 7.75. The van der Waals surface area contributed by atoms with E-state index in [4.69, 9.17) is 0 Å². The Labute approximate surface area is 403 Å². The second-order valence-corrected chi connectivity index (χ2v) is 15.7. The minimum atomic E-state index is -1.41. The van der Waals surface area contributed by atoms with Crippen LogP contribution >= 0.6 is 0 Å². The second-order valence-electron chi connectivity index (χ2n) is 15.7. The molecule has 0 radical (unpaired) electrons. The maximum absolute atomic E-state index is 12.0. The lowest BCUT2D eigenvalue weighted by Gasteiger charge is -2.16. The van der Waals surface area contributed by atoms with Crippen LogP contribution in [0.4, 0.5) is 0 Å². The molecule has 0 saturated carbocycles. The molecule has 16 nitrogen and oxygen atoms in total. The van der Waals surface area contributed by atoms with Gasteiger partial charge in [-0.25, -0.2) is 38.4 Å². The number of hydrogen-bond donors (Lipinski definition) is 8. The summed E-state index contributed by atoms with van der Waals surface area (Å²) in [6, 6.07) is 23.2. The van der Waals surface area contributed by atoms with Gasteiger partial charge in [0.15, 0.2) is 0 Å². The number of benzene rings is 8. The van der Waals surface area contributed by atoms with Gasteiger partial charge in [0, 0.05) is 44.5 Å². The summed E-state index contributed by atoms with van der Waals surface area (Å²) in [4.78, 5) is 95.7. The van der Waals surface area contributed by atoms with E-state index in [1.807, 2.05) is 0 Å². The lowest BCUT2D eigenvalue weighted by Crippen LogP contribution is -2.03. The average molecular weight is 955 g/mol. The maximum atomic E-state index is 12.0. The standard InChI is InChI=1S/C56H26O16/c57-49(58)35-13-27(14-36(23-35)50(59)60)1-5-31-21-32(6-2-28-15-37(51(61)62)24-38(16-28)52(63)64)44-11-12-46-34(8-4-30-19-41(55(69)70)26-42(20-30)56(71)72)22-33(45-10-9-43(31)47(44)48(45)46)7-3-29-17-39(53(65)66)25-40(18-29)54(67)68/h9-26H,(H,57,58)(H,59,60)(H,61,62)(H,63,64)(H,65,66)(H,67,68)(H,69,70)(H,71,72). The van der Waals surface area contributed by atoms with Gasteiger partial charge in [-0.3, -0.25) is 0 Å².